The molecule has 0 fully saturated rings. The summed E-state index contributed by atoms with van der Waals surface area (Å²) in [6.45, 7) is 0. The molecule has 2 N–H and O–H groups in total. The van der Waals surface area contributed by atoms with Crippen molar-refractivity contribution < 1.29 is 0 Å². The van der Waals surface area contributed by atoms with Gasteiger partial charge in [-0.3, -0.25) is 5.32 Å². The quantitative estimate of drug-likeness (QED) is 0.201. The monoisotopic (exact) mass is 583 g/mol. The van der Waals surface area contributed by atoms with Crippen molar-refractivity contribution in [2.45, 2.75) is 22.0 Å². The van der Waals surface area contributed by atoms with Crippen molar-refractivity contribution in [1.29, 1.82) is 0 Å². The Bertz CT molecular complexity index is 2080. The maximum Gasteiger partial charge on any atom is 0.104 e. The van der Waals surface area contributed by atoms with Crippen LogP contribution >= 0.6 is 11.8 Å². The van der Waals surface area contributed by atoms with E-state index < -0.39 is 0 Å². The molecule has 0 amide bonds. The van der Waals surface area contributed by atoms with Gasteiger partial charge in [0, 0.05) is 21.2 Å². The fraction of sp³-hybridized carbons (Fsp3) is 0.0500. The van der Waals surface area contributed by atoms with Gasteiger partial charge in [-0.2, -0.15) is 0 Å². The highest BCUT2D eigenvalue weighted by Crippen LogP contribution is 2.52. The van der Waals surface area contributed by atoms with Crippen molar-refractivity contribution in [1.82, 2.24) is 10.6 Å². The van der Waals surface area contributed by atoms with Crippen LogP contribution in [0.15, 0.2) is 161 Å². The summed E-state index contributed by atoms with van der Waals surface area (Å²) < 4.78 is 0. The number of benzene rings is 6. The van der Waals surface area contributed by atoms with E-state index in [4.69, 9.17) is 0 Å². The molecule has 3 aliphatic heterocycles. The molecule has 44 heavy (non-hydrogen) atoms. The van der Waals surface area contributed by atoms with Crippen LogP contribution in [-0.2, 0) is 0 Å². The average molecular weight is 584 g/mol. The Labute approximate surface area is 261 Å². The summed E-state index contributed by atoms with van der Waals surface area (Å²) in [5, 5.41) is 7.72. The molecule has 210 valence electrons. The third-order valence-electron chi connectivity index (χ3n) is 8.83. The first kappa shape index (κ1) is 25.5. The van der Waals surface area contributed by atoms with Crippen LogP contribution in [0.3, 0.4) is 0 Å². The van der Waals surface area contributed by atoms with Gasteiger partial charge in [-0.15, -0.1) is 0 Å². The summed E-state index contributed by atoms with van der Waals surface area (Å²) in [6.07, 6.45) is 2.26. The molecule has 0 aromatic heterocycles. The zero-order valence-electron chi connectivity index (χ0n) is 23.9. The lowest BCUT2D eigenvalue weighted by Gasteiger charge is -2.34. The van der Waals surface area contributed by atoms with E-state index in [1.54, 1.807) is 0 Å². The zero-order valence-corrected chi connectivity index (χ0v) is 24.8. The number of nitrogens with zero attached hydrogens (tertiary/aromatic N) is 1. The minimum atomic E-state index is -0.0585. The molecule has 10 bridgehead atoms. The van der Waals surface area contributed by atoms with Gasteiger partial charge in [-0.25, -0.2) is 0 Å². The normalized spacial score (nSPS) is 17.6. The molecular weight excluding hydrogens is 555 g/mol. The molecule has 0 radical (unpaired) electrons. The minimum Gasteiger partial charge on any atom is -0.366 e. The van der Waals surface area contributed by atoms with Crippen molar-refractivity contribution in [2.75, 3.05) is 4.90 Å². The fourth-order valence-electron chi connectivity index (χ4n) is 6.65. The van der Waals surface area contributed by atoms with E-state index in [1.807, 2.05) is 11.8 Å². The van der Waals surface area contributed by atoms with Crippen LogP contribution < -0.4 is 15.5 Å². The van der Waals surface area contributed by atoms with Crippen molar-refractivity contribution in [3.63, 3.8) is 0 Å². The molecule has 4 heteroatoms. The molecule has 2 unspecified atom stereocenters. The molecule has 6 aromatic carbocycles. The third kappa shape index (κ3) is 4.34. The van der Waals surface area contributed by atoms with Crippen molar-refractivity contribution in [3.05, 3.63) is 168 Å². The number of hydrogen-bond acceptors (Lipinski definition) is 4. The molecule has 0 saturated carbocycles. The van der Waals surface area contributed by atoms with Crippen LogP contribution in [-0.4, -0.2) is 0 Å². The lowest BCUT2D eigenvalue weighted by atomic mass is 9.95. The molecule has 0 saturated heterocycles. The van der Waals surface area contributed by atoms with Gasteiger partial charge in [-0.05, 0) is 93.6 Å². The largest absolute Gasteiger partial charge is 0.366 e. The smallest absolute Gasteiger partial charge is 0.104 e. The summed E-state index contributed by atoms with van der Waals surface area (Å²) in [5.74, 6) is 0. The summed E-state index contributed by atoms with van der Waals surface area (Å²) in [6, 6.07) is 53.2. The maximum absolute atomic E-state index is 3.87. The first-order valence-corrected chi connectivity index (χ1v) is 15.9. The van der Waals surface area contributed by atoms with E-state index in [2.05, 4.69) is 167 Å². The molecule has 3 heterocycles. The van der Waals surface area contributed by atoms with Crippen molar-refractivity contribution >= 4 is 34.5 Å². The summed E-state index contributed by atoms with van der Waals surface area (Å²) in [5.41, 5.74) is 13.1. The van der Waals surface area contributed by atoms with Gasteiger partial charge in [0.15, 0.2) is 0 Å². The minimum absolute atomic E-state index is 0.0585. The van der Waals surface area contributed by atoms with Crippen LogP contribution in [0.25, 0.3) is 28.0 Å². The van der Waals surface area contributed by atoms with Gasteiger partial charge in [0.25, 0.3) is 0 Å². The molecule has 0 aliphatic carbocycles. The number of para-hydroxylation sites is 1. The Hall–Kier alpha value is -5.03. The number of hydrogen-bond donors (Lipinski definition) is 2. The molecule has 9 rings (SSSR count). The van der Waals surface area contributed by atoms with E-state index in [0.717, 1.165) is 11.4 Å². The highest BCUT2D eigenvalue weighted by Gasteiger charge is 2.27. The van der Waals surface area contributed by atoms with Gasteiger partial charge in [0.1, 0.15) is 6.17 Å². The van der Waals surface area contributed by atoms with Crippen molar-refractivity contribution in [2.24, 2.45) is 0 Å². The van der Waals surface area contributed by atoms with Gasteiger partial charge >= 0.3 is 0 Å². The van der Waals surface area contributed by atoms with Crippen LogP contribution in [0.1, 0.15) is 28.9 Å². The molecule has 2 atom stereocenters. The SMILES string of the molecule is C1=C2NC(NC1c1ccccc1)c1cccc(c1)-c1cccc(c1)N1c3ccccc3Sc3ccc(cc31)-c1cccc2c1. The van der Waals surface area contributed by atoms with Gasteiger partial charge in [0.05, 0.1) is 17.4 Å². The van der Waals surface area contributed by atoms with Gasteiger partial charge < -0.3 is 10.2 Å². The number of nitrogens with one attached hydrogen (secondary N) is 2. The van der Waals surface area contributed by atoms with Crippen LogP contribution in [0, 0.1) is 0 Å². The Morgan fingerprint density at radius 3 is 2.09 bits per heavy atom. The van der Waals surface area contributed by atoms with Gasteiger partial charge in [-0.1, -0.05) is 109 Å². The maximum atomic E-state index is 3.87. The Balaban J connectivity index is 1.29. The van der Waals surface area contributed by atoms with E-state index in [1.165, 1.54) is 60.1 Å². The summed E-state index contributed by atoms with van der Waals surface area (Å²) >= 11 is 1.85. The van der Waals surface area contributed by atoms with Crippen molar-refractivity contribution in [3.8, 4) is 22.3 Å². The van der Waals surface area contributed by atoms with E-state index >= 15 is 0 Å². The first-order valence-electron chi connectivity index (χ1n) is 15.1. The zero-order chi connectivity index (χ0) is 29.0. The lowest BCUT2D eigenvalue weighted by Crippen LogP contribution is -2.39. The Morgan fingerprint density at radius 1 is 0.500 bits per heavy atom. The van der Waals surface area contributed by atoms with E-state index in [9.17, 15) is 0 Å². The fourth-order valence-corrected chi connectivity index (χ4v) is 7.69. The molecule has 3 aliphatic rings. The van der Waals surface area contributed by atoms with E-state index in [-0.39, 0.29) is 12.2 Å². The second-order valence-electron chi connectivity index (χ2n) is 11.6. The van der Waals surface area contributed by atoms with Gasteiger partial charge in [0.2, 0.25) is 0 Å². The highest BCUT2D eigenvalue weighted by atomic mass is 32.2. The van der Waals surface area contributed by atoms with Crippen LogP contribution in [0.5, 0.6) is 0 Å². The van der Waals surface area contributed by atoms with Crippen LogP contribution in [0.2, 0.25) is 0 Å². The molecule has 0 spiro atoms. The molecular formula is C40H29N3S. The standard InChI is InChI=1S/C40H29N3S/c1-2-9-26(10-3-1)34-25-35-31-14-6-11-27(21-31)30-19-20-39-37(24-30)43(36-17-4-5-18-38(36)44-39)33-16-8-13-29(23-33)28-12-7-15-32(22-28)40(41-34)42-35/h1-25,34,40-42H. The Morgan fingerprint density at radius 2 is 1.18 bits per heavy atom. The predicted octanol–water partition coefficient (Wildman–Crippen LogP) is 10.2. The third-order valence-corrected chi connectivity index (χ3v) is 9.96. The number of fused-ring (bicyclic) bond motifs is 16. The topological polar surface area (TPSA) is 27.3 Å². The lowest BCUT2D eigenvalue weighted by molar-refractivity contribution is 0.443. The predicted molar refractivity (Wildman–Crippen MR) is 182 cm³/mol. The summed E-state index contributed by atoms with van der Waals surface area (Å²) in [7, 11) is 0. The second-order valence-corrected chi connectivity index (χ2v) is 12.6. The first-order chi connectivity index (χ1) is 21.8. The molecule has 3 nitrogen and oxygen atoms in total. The summed E-state index contributed by atoms with van der Waals surface area (Å²) in [4.78, 5) is 4.95. The highest BCUT2D eigenvalue weighted by molar-refractivity contribution is 7.99. The second kappa shape index (κ2) is 10.3. The Kier molecular flexibility index (Phi) is 5.96. The van der Waals surface area contributed by atoms with E-state index in [0.29, 0.717) is 0 Å². The molecule has 6 aromatic rings. The number of anilines is 3. The number of rotatable bonds is 1. The average Bonchev–Trinajstić information content (AvgIpc) is 3.10. The van der Waals surface area contributed by atoms with Crippen LogP contribution in [0.4, 0.5) is 17.1 Å².